The number of hydrogen-bond donors (Lipinski definition) is 2. The minimum Gasteiger partial charge on any atom is -0.469 e. The van der Waals surface area contributed by atoms with Crippen molar-refractivity contribution in [2.75, 3.05) is 0 Å². The molecule has 3 fully saturated rings. The smallest absolute Gasteiger partial charge is 0.314 e. The Bertz CT molecular complexity index is 842. The van der Waals surface area contributed by atoms with Gasteiger partial charge in [0.05, 0.1) is 18.3 Å². The first-order chi connectivity index (χ1) is 13.2. The highest BCUT2D eigenvalue weighted by Crippen LogP contribution is 2.64. The summed E-state index contributed by atoms with van der Waals surface area (Å²) in [6.45, 7) is 5.15. The lowest BCUT2D eigenvalue weighted by Crippen LogP contribution is -2.74. The number of aliphatic hydroxyl groups is 2. The predicted molar refractivity (Wildman–Crippen MR) is 95.0 cm³/mol. The monoisotopic (exact) mass is 390 g/mol. The lowest BCUT2D eigenvalue weighted by Gasteiger charge is -2.63. The molecule has 1 aliphatic heterocycles. The first-order valence-corrected chi connectivity index (χ1v) is 10.0. The van der Waals surface area contributed by atoms with Gasteiger partial charge < -0.3 is 24.1 Å². The molecule has 0 radical (unpaired) electrons. The molecule has 8 atom stereocenters. The Morgan fingerprint density at radius 3 is 2.82 bits per heavy atom. The van der Waals surface area contributed by atoms with Crippen molar-refractivity contribution in [3.63, 3.8) is 0 Å². The number of ether oxygens (including phenoxy) is 2. The minimum atomic E-state index is -1.51. The van der Waals surface area contributed by atoms with E-state index in [0.29, 0.717) is 25.0 Å². The lowest BCUT2D eigenvalue weighted by atomic mass is 9.46. The molecule has 4 aliphatic rings. The van der Waals surface area contributed by atoms with E-state index in [2.05, 4.69) is 0 Å². The SMILES string of the molecule is CC(=O)O[C@H]1[C@@H]2OC(=O)[C@@H]3c4ccoc4C[C@H](C4[C@@H](O)CCC(C)(C)[C@@]41O)[C@@H]23. The molecule has 1 aromatic heterocycles. The van der Waals surface area contributed by atoms with Gasteiger partial charge in [-0.2, -0.15) is 0 Å². The third kappa shape index (κ3) is 2.06. The Hall–Kier alpha value is -1.86. The largest absolute Gasteiger partial charge is 0.469 e. The zero-order chi connectivity index (χ0) is 20.0. The number of hydrogen-bond acceptors (Lipinski definition) is 7. The maximum Gasteiger partial charge on any atom is 0.314 e. The standard InChI is InChI=1S/C21H26O7/c1-9(22)27-18-17-14-11(16-12(23)4-6-20(2,3)21(16,18)25)8-13-10(5-7-26-13)15(14)19(24)28-17/h5,7,11-12,14-18,23,25H,4,6,8H2,1-3H3/t11-,12-,14+,15+,16?,17+,18-,21+/m0/s1. The van der Waals surface area contributed by atoms with Gasteiger partial charge in [-0.25, -0.2) is 0 Å². The predicted octanol–water partition coefficient (Wildman–Crippen LogP) is 1.55. The molecule has 0 amide bonds. The molecule has 0 spiro atoms. The van der Waals surface area contributed by atoms with Gasteiger partial charge in [-0.3, -0.25) is 9.59 Å². The molecular weight excluding hydrogens is 364 g/mol. The van der Waals surface area contributed by atoms with E-state index in [1.165, 1.54) is 6.92 Å². The number of fused-ring (bicyclic) bond motifs is 4. The summed E-state index contributed by atoms with van der Waals surface area (Å²) in [5.41, 5.74) is -1.33. The van der Waals surface area contributed by atoms with E-state index in [-0.39, 0.29) is 17.8 Å². The maximum absolute atomic E-state index is 12.8. The minimum absolute atomic E-state index is 0.202. The van der Waals surface area contributed by atoms with E-state index in [0.717, 1.165) is 5.56 Å². The van der Waals surface area contributed by atoms with Crippen LogP contribution >= 0.6 is 0 Å². The van der Waals surface area contributed by atoms with Crippen LogP contribution in [0.3, 0.4) is 0 Å². The fourth-order valence-electron chi connectivity index (χ4n) is 6.64. The molecule has 152 valence electrons. The summed E-state index contributed by atoms with van der Waals surface area (Å²) in [7, 11) is 0. The molecule has 0 bridgehead atoms. The molecule has 1 unspecified atom stereocenters. The van der Waals surface area contributed by atoms with Crippen molar-refractivity contribution in [1.29, 1.82) is 0 Å². The van der Waals surface area contributed by atoms with Gasteiger partial charge in [0.15, 0.2) is 6.10 Å². The van der Waals surface area contributed by atoms with Gasteiger partial charge in [-0.1, -0.05) is 13.8 Å². The molecular formula is C21H26O7. The second-order valence-electron chi connectivity index (χ2n) is 9.49. The molecule has 5 rings (SSSR count). The van der Waals surface area contributed by atoms with Crippen molar-refractivity contribution in [2.24, 2.45) is 23.2 Å². The first kappa shape index (κ1) is 18.2. The fourth-order valence-corrected chi connectivity index (χ4v) is 6.64. The summed E-state index contributed by atoms with van der Waals surface area (Å²) in [6, 6.07) is 1.79. The average molecular weight is 390 g/mol. The van der Waals surface area contributed by atoms with Crippen LogP contribution in [-0.4, -0.2) is 46.1 Å². The van der Waals surface area contributed by atoms with Crippen molar-refractivity contribution >= 4 is 11.9 Å². The highest BCUT2D eigenvalue weighted by molar-refractivity contribution is 5.82. The van der Waals surface area contributed by atoms with Crippen molar-refractivity contribution in [1.82, 2.24) is 0 Å². The lowest BCUT2D eigenvalue weighted by molar-refractivity contribution is -0.292. The Labute approximate surface area is 163 Å². The van der Waals surface area contributed by atoms with Crippen molar-refractivity contribution in [2.45, 2.75) is 69.9 Å². The van der Waals surface area contributed by atoms with Gasteiger partial charge in [-0.05, 0) is 30.2 Å². The van der Waals surface area contributed by atoms with Gasteiger partial charge in [-0.15, -0.1) is 0 Å². The van der Waals surface area contributed by atoms with Crippen LogP contribution in [0, 0.1) is 23.2 Å². The molecule has 3 aliphatic carbocycles. The van der Waals surface area contributed by atoms with Crippen LogP contribution in [0.2, 0.25) is 0 Å². The molecule has 2 N–H and O–H groups in total. The Kier molecular flexibility index (Phi) is 3.64. The van der Waals surface area contributed by atoms with Crippen LogP contribution < -0.4 is 0 Å². The maximum atomic E-state index is 12.8. The summed E-state index contributed by atoms with van der Waals surface area (Å²) in [4.78, 5) is 24.8. The number of aliphatic hydroxyl groups excluding tert-OH is 1. The van der Waals surface area contributed by atoms with E-state index >= 15 is 0 Å². The normalized spacial score (nSPS) is 45.5. The van der Waals surface area contributed by atoms with E-state index < -0.39 is 47.1 Å². The molecule has 1 aromatic rings. The number of esters is 2. The molecule has 7 heteroatoms. The molecule has 0 aromatic carbocycles. The Balaban J connectivity index is 1.72. The molecule has 28 heavy (non-hydrogen) atoms. The summed E-state index contributed by atoms with van der Waals surface area (Å²) in [6.07, 6.45) is 0.708. The van der Waals surface area contributed by atoms with Gasteiger partial charge in [0.25, 0.3) is 0 Å². The Morgan fingerprint density at radius 1 is 1.36 bits per heavy atom. The highest BCUT2D eigenvalue weighted by atomic mass is 16.6. The second-order valence-corrected chi connectivity index (χ2v) is 9.49. The van der Waals surface area contributed by atoms with E-state index in [9.17, 15) is 19.8 Å². The van der Waals surface area contributed by atoms with Crippen molar-refractivity contribution in [3.05, 3.63) is 23.7 Å². The van der Waals surface area contributed by atoms with Crippen LogP contribution in [-0.2, 0) is 25.5 Å². The number of carbonyl (C=O) groups excluding carboxylic acids is 2. The van der Waals surface area contributed by atoms with Crippen LogP contribution in [0.15, 0.2) is 16.7 Å². The van der Waals surface area contributed by atoms with E-state index in [4.69, 9.17) is 13.9 Å². The van der Waals surface area contributed by atoms with Crippen molar-refractivity contribution in [3.8, 4) is 0 Å². The van der Waals surface area contributed by atoms with Crippen LogP contribution in [0.1, 0.15) is 50.9 Å². The van der Waals surface area contributed by atoms with Gasteiger partial charge in [0.1, 0.15) is 17.5 Å². The van der Waals surface area contributed by atoms with Crippen LogP contribution in [0.4, 0.5) is 0 Å². The highest BCUT2D eigenvalue weighted by Gasteiger charge is 2.73. The molecule has 2 heterocycles. The van der Waals surface area contributed by atoms with Crippen LogP contribution in [0.25, 0.3) is 0 Å². The van der Waals surface area contributed by atoms with Gasteiger partial charge in [0.2, 0.25) is 0 Å². The van der Waals surface area contributed by atoms with Crippen LogP contribution in [0.5, 0.6) is 0 Å². The van der Waals surface area contributed by atoms with Gasteiger partial charge in [0, 0.05) is 30.7 Å². The summed E-state index contributed by atoms with van der Waals surface area (Å²) >= 11 is 0. The Morgan fingerprint density at radius 2 is 2.11 bits per heavy atom. The van der Waals surface area contributed by atoms with Gasteiger partial charge >= 0.3 is 11.9 Å². The zero-order valence-corrected chi connectivity index (χ0v) is 16.3. The molecule has 7 nitrogen and oxygen atoms in total. The third-order valence-electron chi connectivity index (χ3n) is 7.86. The zero-order valence-electron chi connectivity index (χ0n) is 16.3. The third-order valence-corrected chi connectivity index (χ3v) is 7.86. The average Bonchev–Trinajstić information content (AvgIpc) is 3.20. The summed E-state index contributed by atoms with van der Waals surface area (Å²) < 4.78 is 17.0. The molecule has 2 saturated carbocycles. The summed E-state index contributed by atoms with van der Waals surface area (Å²) in [5, 5.41) is 23.1. The topological polar surface area (TPSA) is 106 Å². The first-order valence-electron chi connectivity index (χ1n) is 10.0. The van der Waals surface area contributed by atoms with E-state index in [1.807, 2.05) is 13.8 Å². The number of furan rings is 1. The number of rotatable bonds is 1. The second kappa shape index (κ2) is 5.60. The van der Waals surface area contributed by atoms with E-state index in [1.54, 1.807) is 12.3 Å². The molecule has 1 saturated heterocycles. The fraction of sp³-hybridized carbons (Fsp3) is 0.714. The quantitative estimate of drug-likeness (QED) is 0.701. The van der Waals surface area contributed by atoms with Crippen molar-refractivity contribution < 1.29 is 33.7 Å². The number of carbonyl (C=O) groups is 2. The summed E-state index contributed by atoms with van der Waals surface area (Å²) in [5.74, 6) is -1.73.